The predicted molar refractivity (Wildman–Crippen MR) is 134 cm³/mol. The molecule has 0 unspecified atom stereocenters. The number of hydrogen-bond acceptors (Lipinski definition) is 6. The van der Waals surface area contributed by atoms with Crippen molar-refractivity contribution in [3.05, 3.63) is 81.7 Å². The van der Waals surface area contributed by atoms with E-state index in [4.69, 9.17) is 10.1 Å². The highest BCUT2D eigenvalue weighted by Crippen LogP contribution is 2.65. The highest BCUT2D eigenvalue weighted by Gasteiger charge is 2.57. The van der Waals surface area contributed by atoms with Gasteiger partial charge >= 0.3 is 0 Å². The van der Waals surface area contributed by atoms with Gasteiger partial charge in [-0.2, -0.15) is 5.10 Å². The summed E-state index contributed by atoms with van der Waals surface area (Å²) in [6.07, 6.45) is 7.00. The molecule has 0 spiro atoms. The number of rotatable bonds is 5. The summed E-state index contributed by atoms with van der Waals surface area (Å²) < 4.78 is 15.4. The van der Waals surface area contributed by atoms with Gasteiger partial charge < -0.3 is 10.3 Å². The average Bonchev–Trinajstić information content (AvgIpc) is 3.62. The number of halogens is 1. The van der Waals surface area contributed by atoms with Gasteiger partial charge in [0.05, 0.1) is 28.5 Å². The first-order chi connectivity index (χ1) is 17.9. The number of hydrogen-bond donors (Lipinski definition) is 2. The number of nitrogens with zero attached hydrogens (tertiary/aromatic N) is 5. The molecule has 3 aromatic heterocycles. The second kappa shape index (κ2) is 8.04. The Hall–Kier alpha value is -3.92. The smallest absolute Gasteiger partial charge is 0.269 e. The van der Waals surface area contributed by atoms with E-state index < -0.39 is 5.82 Å². The fourth-order valence-corrected chi connectivity index (χ4v) is 6.68. The molecule has 4 aromatic rings. The molecule has 3 aliphatic carbocycles. The number of pyridine rings is 1. The maximum Gasteiger partial charge on any atom is 0.269 e. The van der Waals surface area contributed by atoms with Crippen molar-refractivity contribution in [2.75, 3.05) is 13.6 Å². The van der Waals surface area contributed by atoms with Gasteiger partial charge in [0.25, 0.3) is 11.5 Å². The molecule has 3 fully saturated rings. The molecule has 10 heteroatoms. The quantitative estimate of drug-likeness (QED) is 0.437. The van der Waals surface area contributed by atoms with Crippen LogP contribution in [0, 0.1) is 17.2 Å². The number of benzene rings is 1. The number of amides is 1. The average molecular weight is 500 g/mol. The third kappa shape index (κ3) is 3.66. The van der Waals surface area contributed by atoms with Gasteiger partial charge in [0.1, 0.15) is 17.3 Å². The standard InChI is InChI=1S/C27H26FN7O2/c1-29-26(37)22-5-3-18(10-30-22)35-12-16-11-34(13-23(16)33-35)14-27-7-15(8-27)20(9-27)24-31-21-4-2-17(28)6-19(21)25(36)32-24/h2-6,10,12,15,20H,7-9,11,13-14H2,1H3,(H,29,37)(H,31,32,36)/t15?,20-,27?/m1/s1. The molecule has 0 saturated heterocycles. The van der Waals surface area contributed by atoms with Crippen LogP contribution in [0.3, 0.4) is 0 Å². The Labute approximate surface area is 211 Å². The molecule has 2 N–H and O–H groups in total. The summed E-state index contributed by atoms with van der Waals surface area (Å²) in [5.74, 6) is 0.867. The molecule has 1 amide bonds. The van der Waals surface area contributed by atoms with E-state index in [1.807, 2.05) is 10.7 Å². The van der Waals surface area contributed by atoms with E-state index in [-0.39, 0.29) is 22.8 Å². The van der Waals surface area contributed by atoms with Crippen LogP contribution in [-0.2, 0) is 13.1 Å². The second-order valence-electron chi connectivity index (χ2n) is 10.8. The maximum atomic E-state index is 13.6. The van der Waals surface area contributed by atoms with E-state index in [1.54, 1.807) is 25.4 Å². The fourth-order valence-electron chi connectivity index (χ4n) is 6.68. The van der Waals surface area contributed by atoms with Crippen LogP contribution in [0.1, 0.15) is 52.8 Å². The maximum absolute atomic E-state index is 13.6. The Morgan fingerprint density at radius 2 is 2.08 bits per heavy atom. The molecule has 1 atom stereocenters. The molecule has 9 nitrogen and oxygen atoms in total. The van der Waals surface area contributed by atoms with E-state index >= 15 is 0 Å². The largest absolute Gasteiger partial charge is 0.354 e. The lowest BCUT2D eigenvalue weighted by Gasteiger charge is -2.41. The predicted octanol–water partition coefficient (Wildman–Crippen LogP) is 2.90. The first-order valence-corrected chi connectivity index (χ1v) is 12.6. The first kappa shape index (κ1) is 22.3. The van der Waals surface area contributed by atoms with Crippen molar-refractivity contribution in [3.63, 3.8) is 0 Å². The van der Waals surface area contributed by atoms with Gasteiger partial charge in [0.2, 0.25) is 0 Å². The SMILES string of the molecule is CNC(=O)c1ccc(-n2cc3c(n2)CN(CC24CC(C2)[C@H](c2nc5ccc(F)cc5c(=O)[nH]2)C4)C3)cn1. The summed E-state index contributed by atoms with van der Waals surface area (Å²) in [7, 11) is 1.58. The molecule has 2 bridgehead atoms. The van der Waals surface area contributed by atoms with E-state index in [2.05, 4.69) is 26.4 Å². The molecule has 1 aliphatic heterocycles. The number of nitrogens with one attached hydrogen (secondary N) is 2. The van der Waals surface area contributed by atoms with Crippen LogP contribution in [0.5, 0.6) is 0 Å². The third-order valence-electron chi connectivity index (χ3n) is 8.33. The normalized spacial score (nSPS) is 24.3. The first-order valence-electron chi connectivity index (χ1n) is 12.6. The van der Waals surface area contributed by atoms with Crippen molar-refractivity contribution in [1.82, 2.24) is 34.9 Å². The number of carbonyl (C=O) groups excluding carboxylic acids is 1. The molecule has 4 aliphatic rings. The Kier molecular flexibility index (Phi) is 4.84. The van der Waals surface area contributed by atoms with Gasteiger partial charge in [-0.1, -0.05) is 0 Å². The van der Waals surface area contributed by atoms with Crippen molar-refractivity contribution in [2.24, 2.45) is 11.3 Å². The van der Waals surface area contributed by atoms with E-state index in [9.17, 15) is 14.0 Å². The molecule has 188 valence electrons. The summed E-state index contributed by atoms with van der Waals surface area (Å²) >= 11 is 0. The zero-order valence-corrected chi connectivity index (χ0v) is 20.4. The van der Waals surface area contributed by atoms with Gasteiger partial charge in [-0.05, 0) is 60.9 Å². The Morgan fingerprint density at radius 3 is 2.84 bits per heavy atom. The molecule has 3 saturated carbocycles. The van der Waals surface area contributed by atoms with Gasteiger partial charge in [-0.3, -0.25) is 14.5 Å². The number of aromatic nitrogens is 5. The topological polar surface area (TPSA) is 109 Å². The van der Waals surface area contributed by atoms with Crippen molar-refractivity contribution in [1.29, 1.82) is 0 Å². The highest BCUT2D eigenvalue weighted by molar-refractivity contribution is 5.92. The minimum absolute atomic E-state index is 0.213. The Balaban J connectivity index is 1.03. The Morgan fingerprint density at radius 1 is 1.22 bits per heavy atom. The van der Waals surface area contributed by atoms with Gasteiger partial charge in [-0.15, -0.1) is 0 Å². The van der Waals surface area contributed by atoms with Gasteiger partial charge in [0.15, 0.2) is 0 Å². The monoisotopic (exact) mass is 499 g/mol. The van der Waals surface area contributed by atoms with E-state index in [0.29, 0.717) is 22.5 Å². The summed E-state index contributed by atoms with van der Waals surface area (Å²) in [4.78, 5) is 38.7. The van der Waals surface area contributed by atoms with Crippen molar-refractivity contribution >= 4 is 16.8 Å². The van der Waals surface area contributed by atoms with Crippen LogP contribution in [0.4, 0.5) is 4.39 Å². The zero-order chi connectivity index (χ0) is 25.3. The van der Waals surface area contributed by atoms with E-state index in [0.717, 1.165) is 56.1 Å². The molecule has 37 heavy (non-hydrogen) atoms. The summed E-state index contributed by atoms with van der Waals surface area (Å²) in [6, 6.07) is 7.75. The lowest BCUT2D eigenvalue weighted by atomic mass is 9.69. The molecular weight excluding hydrogens is 473 g/mol. The number of carbonyl (C=O) groups is 1. The van der Waals surface area contributed by atoms with Crippen LogP contribution in [0.25, 0.3) is 16.6 Å². The summed E-state index contributed by atoms with van der Waals surface area (Å²) in [6.45, 7) is 2.66. The third-order valence-corrected chi connectivity index (χ3v) is 8.33. The number of aromatic amines is 1. The molecule has 4 heterocycles. The number of fused-ring (bicyclic) bond motifs is 3. The van der Waals surface area contributed by atoms with Crippen LogP contribution >= 0.6 is 0 Å². The zero-order valence-electron chi connectivity index (χ0n) is 20.4. The lowest BCUT2D eigenvalue weighted by molar-refractivity contribution is 0.0741. The van der Waals surface area contributed by atoms with Crippen LogP contribution in [0.2, 0.25) is 0 Å². The van der Waals surface area contributed by atoms with Crippen molar-refractivity contribution < 1.29 is 9.18 Å². The minimum Gasteiger partial charge on any atom is -0.354 e. The highest BCUT2D eigenvalue weighted by atomic mass is 19.1. The van der Waals surface area contributed by atoms with Crippen LogP contribution in [-0.4, -0.2) is 49.1 Å². The summed E-state index contributed by atoms with van der Waals surface area (Å²) in [5, 5.41) is 7.66. The van der Waals surface area contributed by atoms with Crippen LogP contribution < -0.4 is 10.9 Å². The Bertz CT molecular complexity index is 1580. The van der Waals surface area contributed by atoms with Crippen molar-refractivity contribution in [3.8, 4) is 5.69 Å². The minimum atomic E-state index is -0.427. The van der Waals surface area contributed by atoms with Gasteiger partial charge in [-0.25, -0.2) is 19.0 Å². The molecule has 8 rings (SSSR count). The van der Waals surface area contributed by atoms with E-state index in [1.165, 1.54) is 17.7 Å². The van der Waals surface area contributed by atoms with Gasteiger partial charge in [0, 0.05) is 44.4 Å². The molecule has 0 radical (unpaired) electrons. The molecule has 1 aromatic carbocycles. The fraction of sp³-hybridized carbons (Fsp3) is 0.370. The lowest BCUT2D eigenvalue weighted by Crippen LogP contribution is -2.39. The van der Waals surface area contributed by atoms with Crippen LogP contribution in [0.15, 0.2) is 47.5 Å². The molecular formula is C27H26FN7O2. The summed E-state index contributed by atoms with van der Waals surface area (Å²) in [5.41, 5.74) is 4.02. The second-order valence-corrected chi connectivity index (χ2v) is 10.8. The number of H-pyrrole nitrogens is 1. The van der Waals surface area contributed by atoms with Crippen molar-refractivity contribution in [2.45, 2.75) is 38.3 Å².